The predicted octanol–water partition coefficient (Wildman–Crippen LogP) is 3.43. The van der Waals surface area contributed by atoms with E-state index in [1.807, 2.05) is 12.1 Å². The van der Waals surface area contributed by atoms with Gasteiger partial charge in [0.25, 0.3) is 0 Å². The van der Waals surface area contributed by atoms with Gasteiger partial charge in [0.15, 0.2) is 0 Å². The molecule has 4 rings (SSSR count). The van der Waals surface area contributed by atoms with Gasteiger partial charge < -0.3 is 19.8 Å². The molecule has 23 heavy (non-hydrogen) atoms. The smallest absolute Gasteiger partial charge is 0.323 e. The molecule has 5 heteroatoms. The van der Waals surface area contributed by atoms with Crippen LogP contribution in [0.2, 0.25) is 0 Å². The predicted molar refractivity (Wildman–Crippen MR) is 94.5 cm³/mol. The number of rotatable bonds is 2. The molecular weight excluding hydrogens is 288 g/mol. The van der Waals surface area contributed by atoms with Crippen LogP contribution in [-0.4, -0.2) is 23.2 Å². The summed E-state index contributed by atoms with van der Waals surface area (Å²) in [4.78, 5) is 21.8. The summed E-state index contributed by atoms with van der Waals surface area (Å²) < 4.78 is 0. The normalized spacial score (nSPS) is 17.3. The van der Waals surface area contributed by atoms with E-state index in [1.54, 1.807) is 0 Å². The Morgan fingerprint density at radius 2 is 1.70 bits per heavy atom. The Morgan fingerprint density at radius 1 is 1.00 bits per heavy atom. The Hall–Kier alpha value is -2.69. The molecule has 0 spiro atoms. The third kappa shape index (κ3) is 2.04. The van der Waals surface area contributed by atoms with Crippen molar-refractivity contribution in [3.05, 3.63) is 52.9 Å². The summed E-state index contributed by atoms with van der Waals surface area (Å²) in [5, 5.41) is 0. The molecule has 1 aliphatic rings. The second-order valence-corrected chi connectivity index (χ2v) is 6.44. The molecule has 2 N–H and O–H groups in total. The number of H-pyrrole nitrogens is 2. The highest BCUT2D eigenvalue weighted by molar-refractivity contribution is 5.87. The highest BCUT2D eigenvalue weighted by atomic mass is 16.1. The highest BCUT2D eigenvalue weighted by Crippen LogP contribution is 2.45. The van der Waals surface area contributed by atoms with Crippen LogP contribution in [0, 0.1) is 5.92 Å². The molecule has 0 saturated heterocycles. The molecule has 2 heterocycles. The lowest BCUT2D eigenvalue weighted by Gasteiger charge is -2.34. The molecule has 3 aromatic rings. The van der Waals surface area contributed by atoms with Crippen LogP contribution < -0.4 is 15.5 Å². The van der Waals surface area contributed by atoms with Gasteiger partial charge in [-0.15, -0.1) is 0 Å². The second-order valence-electron chi connectivity index (χ2n) is 6.44. The van der Waals surface area contributed by atoms with Gasteiger partial charge in [-0.3, -0.25) is 0 Å². The minimum absolute atomic E-state index is 0.170. The van der Waals surface area contributed by atoms with Crippen molar-refractivity contribution in [1.29, 1.82) is 0 Å². The molecule has 5 nitrogen and oxygen atoms in total. The first kappa shape index (κ1) is 13.9. The van der Waals surface area contributed by atoms with Gasteiger partial charge >= 0.3 is 5.69 Å². The summed E-state index contributed by atoms with van der Waals surface area (Å²) in [6, 6.07) is 14.5. The average molecular weight is 308 g/mol. The van der Waals surface area contributed by atoms with E-state index >= 15 is 0 Å². The number of hydrogen-bond acceptors (Lipinski definition) is 3. The van der Waals surface area contributed by atoms with E-state index in [1.165, 1.54) is 11.4 Å². The van der Waals surface area contributed by atoms with Crippen molar-refractivity contribution in [2.24, 2.45) is 5.92 Å². The molecule has 0 amide bonds. The van der Waals surface area contributed by atoms with Crippen molar-refractivity contribution in [1.82, 2.24) is 9.97 Å². The van der Waals surface area contributed by atoms with Gasteiger partial charge in [0.2, 0.25) is 0 Å². The summed E-state index contributed by atoms with van der Waals surface area (Å²) >= 11 is 0. The van der Waals surface area contributed by atoms with Gasteiger partial charge in [-0.05, 0) is 36.2 Å². The number of hydrogen-bond donors (Lipinski definition) is 2. The van der Waals surface area contributed by atoms with Gasteiger partial charge in [-0.1, -0.05) is 26.0 Å². The van der Waals surface area contributed by atoms with E-state index in [9.17, 15) is 4.79 Å². The first-order chi connectivity index (χ1) is 11.1. The number of anilines is 3. The van der Waals surface area contributed by atoms with Gasteiger partial charge in [-0.2, -0.15) is 0 Å². The zero-order valence-electron chi connectivity index (χ0n) is 13.5. The SMILES string of the molecule is CC(C)C1N(C)c2ccccc2N1c1ccc2[nH]c(=O)[nH]c2c1. The third-order valence-electron chi connectivity index (χ3n) is 4.56. The van der Waals surface area contributed by atoms with Crippen LogP contribution in [-0.2, 0) is 0 Å². The molecule has 1 atom stereocenters. The van der Waals surface area contributed by atoms with E-state index in [-0.39, 0.29) is 11.9 Å². The van der Waals surface area contributed by atoms with E-state index in [0.717, 1.165) is 16.7 Å². The molecule has 0 bridgehead atoms. The van der Waals surface area contributed by atoms with Crippen molar-refractivity contribution >= 4 is 28.1 Å². The zero-order chi connectivity index (χ0) is 16.1. The Balaban J connectivity index is 1.91. The lowest BCUT2D eigenvalue weighted by molar-refractivity contribution is 0.495. The molecule has 1 aliphatic heterocycles. The van der Waals surface area contributed by atoms with Gasteiger partial charge in [0.1, 0.15) is 6.17 Å². The molecule has 118 valence electrons. The molecule has 0 aliphatic carbocycles. The van der Waals surface area contributed by atoms with Crippen LogP contribution in [0.5, 0.6) is 0 Å². The molecule has 0 saturated carbocycles. The van der Waals surface area contributed by atoms with Crippen LogP contribution >= 0.6 is 0 Å². The highest BCUT2D eigenvalue weighted by Gasteiger charge is 2.36. The maximum absolute atomic E-state index is 11.5. The van der Waals surface area contributed by atoms with Crippen molar-refractivity contribution in [2.75, 3.05) is 16.8 Å². The zero-order valence-corrected chi connectivity index (χ0v) is 13.5. The number of para-hydroxylation sites is 2. The summed E-state index contributed by atoms with van der Waals surface area (Å²) in [5.41, 5.74) is 5.02. The van der Waals surface area contributed by atoms with Gasteiger partial charge in [0.05, 0.1) is 22.4 Å². The van der Waals surface area contributed by atoms with E-state index < -0.39 is 0 Å². The monoisotopic (exact) mass is 308 g/mol. The standard InChI is InChI=1S/C18H20N4O/c1-11(2)17-21(3)15-6-4-5-7-16(15)22(17)12-8-9-13-14(10-12)20-18(23)19-13/h4-11,17H,1-3H3,(H2,19,20,23). The number of imidazole rings is 1. The first-order valence-electron chi connectivity index (χ1n) is 7.89. The second kappa shape index (κ2) is 4.91. The minimum Gasteiger partial charge on any atom is -0.352 e. The topological polar surface area (TPSA) is 55.1 Å². The molecule has 0 radical (unpaired) electrons. The molecule has 1 aromatic heterocycles. The van der Waals surface area contributed by atoms with E-state index in [4.69, 9.17) is 0 Å². The maximum Gasteiger partial charge on any atom is 0.323 e. The fourth-order valence-corrected chi connectivity index (χ4v) is 3.63. The van der Waals surface area contributed by atoms with Crippen molar-refractivity contribution in [3.63, 3.8) is 0 Å². The first-order valence-corrected chi connectivity index (χ1v) is 7.89. The van der Waals surface area contributed by atoms with Crippen LogP contribution in [0.4, 0.5) is 17.1 Å². The Kier molecular flexibility index (Phi) is 2.98. The Morgan fingerprint density at radius 3 is 2.43 bits per heavy atom. The van der Waals surface area contributed by atoms with E-state index in [0.29, 0.717) is 5.92 Å². The maximum atomic E-state index is 11.5. The van der Waals surface area contributed by atoms with Crippen molar-refractivity contribution in [2.45, 2.75) is 20.0 Å². The molecule has 0 fully saturated rings. The van der Waals surface area contributed by atoms with Crippen molar-refractivity contribution in [3.8, 4) is 0 Å². The van der Waals surface area contributed by atoms with Gasteiger partial charge in [-0.25, -0.2) is 4.79 Å². The molecule has 1 unspecified atom stereocenters. The summed E-state index contributed by atoms with van der Waals surface area (Å²) in [6.45, 7) is 4.47. The summed E-state index contributed by atoms with van der Waals surface area (Å²) in [7, 11) is 2.14. The number of nitrogens with zero attached hydrogens (tertiary/aromatic N) is 2. The number of aromatic amines is 2. The van der Waals surface area contributed by atoms with Crippen LogP contribution in [0.25, 0.3) is 11.0 Å². The summed E-state index contributed by atoms with van der Waals surface area (Å²) in [6.07, 6.45) is 0.246. The third-order valence-corrected chi connectivity index (χ3v) is 4.56. The fraction of sp³-hybridized carbons (Fsp3) is 0.278. The van der Waals surface area contributed by atoms with Crippen molar-refractivity contribution < 1.29 is 0 Å². The lowest BCUT2D eigenvalue weighted by Crippen LogP contribution is -2.42. The number of aromatic nitrogens is 2. The molecule has 2 aromatic carbocycles. The lowest BCUT2D eigenvalue weighted by atomic mass is 10.1. The summed E-state index contributed by atoms with van der Waals surface area (Å²) in [5.74, 6) is 0.452. The average Bonchev–Trinajstić information content (AvgIpc) is 3.04. The Bertz CT molecular complexity index is 924. The quantitative estimate of drug-likeness (QED) is 0.762. The van der Waals surface area contributed by atoms with Gasteiger partial charge in [0, 0.05) is 12.7 Å². The minimum atomic E-state index is -0.170. The van der Waals surface area contributed by atoms with Crippen LogP contribution in [0.15, 0.2) is 47.3 Å². The Labute approximate surface area is 134 Å². The molecular formula is C18H20N4O. The number of nitrogens with one attached hydrogen (secondary N) is 2. The number of benzene rings is 2. The van der Waals surface area contributed by atoms with E-state index in [2.05, 4.69) is 71.0 Å². The largest absolute Gasteiger partial charge is 0.352 e. The van der Waals surface area contributed by atoms with Crippen LogP contribution in [0.3, 0.4) is 0 Å². The number of fused-ring (bicyclic) bond motifs is 2. The van der Waals surface area contributed by atoms with Crippen LogP contribution in [0.1, 0.15) is 13.8 Å². The fourth-order valence-electron chi connectivity index (χ4n) is 3.63.